The van der Waals surface area contributed by atoms with E-state index in [-0.39, 0.29) is 0 Å². The van der Waals surface area contributed by atoms with Crippen LogP contribution in [0.4, 0.5) is 11.4 Å². The molecule has 2 N–H and O–H groups in total. The predicted molar refractivity (Wildman–Crippen MR) is 61.7 cm³/mol. The first-order valence-electron chi connectivity index (χ1n) is 5.38. The smallest absolute Gasteiger partial charge is 0.0370 e. The highest BCUT2D eigenvalue weighted by atomic mass is 15.1. The molecule has 0 bridgehead atoms. The molecule has 1 aromatic rings. The molecule has 0 saturated carbocycles. The lowest BCUT2D eigenvalue weighted by Crippen LogP contribution is -2.29. The minimum absolute atomic E-state index is 0.894. The molecule has 0 atom stereocenters. The van der Waals surface area contributed by atoms with Crippen LogP contribution in [0.15, 0.2) is 18.2 Å². The van der Waals surface area contributed by atoms with E-state index in [1.807, 2.05) is 6.07 Å². The fraction of sp³-hybridized carbons (Fsp3) is 0.500. The molecule has 0 amide bonds. The van der Waals surface area contributed by atoms with Crippen LogP contribution < -0.4 is 10.6 Å². The van der Waals surface area contributed by atoms with Crippen LogP contribution in [-0.2, 0) is 0 Å². The number of piperidine rings is 1. The average molecular weight is 190 g/mol. The first-order valence-corrected chi connectivity index (χ1v) is 5.38. The number of anilines is 2. The molecule has 14 heavy (non-hydrogen) atoms. The third-order valence-corrected chi connectivity index (χ3v) is 2.97. The van der Waals surface area contributed by atoms with Gasteiger partial charge in [-0.1, -0.05) is 0 Å². The summed E-state index contributed by atoms with van der Waals surface area (Å²) in [5, 5.41) is 0. The molecule has 2 rings (SSSR count). The summed E-state index contributed by atoms with van der Waals surface area (Å²) in [5.74, 6) is 0. The zero-order chi connectivity index (χ0) is 9.97. The summed E-state index contributed by atoms with van der Waals surface area (Å²) in [6.45, 7) is 4.47. The average Bonchev–Trinajstić information content (AvgIpc) is 2.23. The fourth-order valence-corrected chi connectivity index (χ4v) is 2.01. The summed E-state index contributed by atoms with van der Waals surface area (Å²) >= 11 is 0. The molecule has 0 aliphatic carbocycles. The second kappa shape index (κ2) is 3.91. The van der Waals surface area contributed by atoms with Gasteiger partial charge in [0.1, 0.15) is 0 Å². The highest BCUT2D eigenvalue weighted by Crippen LogP contribution is 2.23. The number of benzene rings is 1. The Morgan fingerprint density at radius 3 is 2.50 bits per heavy atom. The maximum Gasteiger partial charge on any atom is 0.0370 e. The Bertz CT molecular complexity index is 314. The Kier molecular flexibility index (Phi) is 2.62. The summed E-state index contributed by atoms with van der Waals surface area (Å²) in [6, 6.07) is 6.34. The van der Waals surface area contributed by atoms with E-state index in [1.165, 1.54) is 43.6 Å². The van der Waals surface area contributed by atoms with E-state index >= 15 is 0 Å². The SMILES string of the molecule is Cc1cc(N2CCCCC2)ccc1N. The number of hydrogen-bond donors (Lipinski definition) is 1. The van der Waals surface area contributed by atoms with Crippen molar-refractivity contribution in [3.63, 3.8) is 0 Å². The summed E-state index contributed by atoms with van der Waals surface area (Å²) in [6.07, 6.45) is 4.03. The molecule has 1 aromatic carbocycles. The number of nitrogens with zero attached hydrogens (tertiary/aromatic N) is 1. The lowest BCUT2D eigenvalue weighted by molar-refractivity contribution is 0.578. The lowest BCUT2D eigenvalue weighted by Gasteiger charge is -2.29. The standard InChI is InChI=1S/C12H18N2/c1-10-9-11(5-6-12(10)13)14-7-3-2-4-8-14/h5-6,9H,2-4,7-8,13H2,1H3. The summed E-state index contributed by atoms with van der Waals surface area (Å²) in [4.78, 5) is 2.45. The van der Waals surface area contributed by atoms with Crippen LogP contribution in [0, 0.1) is 6.92 Å². The molecule has 0 spiro atoms. The molecule has 76 valence electrons. The van der Waals surface area contributed by atoms with Gasteiger partial charge in [0.05, 0.1) is 0 Å². The third-order valence-electron chi connectivity index (χ3n) is 2.97. The number of aryl methyl sites for hydroxylation is 1. The molecule has 1 aliphatic rings. The summed E-state index contributed by atoms with van der Waals surface area (Å²) in [7, 11) is 0. The fourth-order valence-electron chi connectivity index (χ4n) is 2.01. The van der Waals surface area contributed by atoms with Gasteiger partial charge in [-0.15, -0.1) is 0 Å². The van der Waals surface area contributed by atoms with Gasteiger partial charge in [0.2, 0.25) is 0 Å². The third kappa shape index (κ3) is 1.84. The van der Waals surface area contributed by atoms with Crippen LogP contribution in [0.2, 0.25) is 0 Å². The molecule has 1 saturated heterocycles. The molecular formula is C12H18N2. The van der Waals surface area contributed by atoms with Gasteiger partial charge < -0.3 is 10.6 Å². The van der Waals surface area contributed by atoms with E-state index in [0.717, 1.165) is 5.69 Å². The van der Waals surface area contributed by atoms with E-state index in [9.17, 15) is 0 Å². The lowest BCUT2D eigenvalue weighted by atomic mass is 10.1. The Labute approximate surface area is 85.7 Å². The van der Waals surface area contributed by atoms with Gasteiger partial charge in [-0.2, -0.15) is 0 Å². The van der Waals surface area contributed by atoms with E-state index in [1.54, 1.807) is 0 Å². The zero-order valence-electron chi connectivity index (χ0n) is 8.79. The van der Waals surface area contributed by atoms with Crippen LogP contribution in [0.3, 0.4) is 0 Å². The van der Waals surface area contributed by atoms with Crippen molar-refractivity contribution < 1.29 is 0 Å². The molecule has 1 heterocycles. The molecule has 2 nitrogen and oxygen atoms in total. The van der Waals surface area contributed by atoms with Crippen molar-refractivity contribution in [2.24, 2.45) is 0 Å². The van der Waals surface area contributed by atoms with E-state index < -0.39 is 0 Å². The van der Waals surface area contributed by atoms with Crippen molar-refractivity contribution in [1.82, 2.24) is 0 Å². The Morgan fingerprint density at radius 2 is 1.86 bits per heavy atom. The van der Waals surface area contributed by atoms with Crippen molar-refractivity contribution in [2.75, 3.05) is 23.7 Å². The molecule has 0 radical (unpaired) electrons. The monoisotopic (exact) mass is 190 g/mol. The number of nitrogens with two attached hydrogens (primary N) is 1. The highest BCUT2D eigenvalue weighted by molar-refractivity contribution is 5.58. The van der Waals surface area contributed by atoms with E-state index in [4.69, 9.17) is 5.73 Å². The van der Waals surface area contributed by atoms with Crippen molar-refractivity contribution in [3.8, 4) is 0 Å². The normalized spacial score (nSPS) is 17.1. The molecule has 1 aliphatic heterocycles. The molecule has 2 heteroatoms. The predicted octanol–water partition coefficient (Wildman–Crippen LogP) is 2.57. The number of hydrogen-bond acceptors (Lipinski definition) is 2. The van der Waals surface area contributed by atoms with Crippen molar-refractivity contribution in [3.05, 3.63) is 23.8 Å². The summed E-state index contributed by atoms with van der Waals surface area (Å²) in [5.41, 5.74) is 9.21. The van der Waals surface area contributed by atoms with Crippen LogP contribution in [0.5, 0.6) is 0 Å². The first kappa shape index (κ1) is 9.38. The van der Waals surface area contributed by atoms with Crippen molar-refractivity contribution in [1.29, 1.82) is 0 Å². The first-order chi connectivity index (χ1) is 6.77. The van der Waals surface area contributed by atoms with E-state index in [2.05, 4.69) is 24.0 Å². The largest absolute Gasteiger partial charge is 0.399 e. The zero-order valence-corrected chi connectivity index (χ0v) is 8.79. The minimum atomic E-state index is 0.894. The number of rotatable bonds is 1. The van der Waals surface area contributed by atoms with Gasteiger partial charge in [-0.3, -0.25) is 0 Å². The van der Waals surface area contributed by atoms with Crippen LogP contribution in [-0.4, -0.2) is 13.1 Å². The Morgan fingerprint density at radius 1 is 1.14 bits per heavy atom. The summed E-state index contributed by atoms with van der Waals surface area (Å²) < 4.78 is 0. The Hall–Kier alpha value is -1.18. The molecule has 0 unspecified atom stereocenters. The second-order valence-electron chi connectivity index (χ2n) is 4.09. The van der Waals surface area contributed by atoms with Crippen molar-refractivity contribution in [2.45, 2.75) is 26.2 Å². The van der Waals surface area contributed by atoms with Crippen LogP contribution in [0.1, 0.15) is 24.8 Å². The van der Waals surface area contributed by atoms with Gasteiger partial charge in [0.25, 0.3) is 0 Å². The quantitative estimate of drug-likeness (QED) is 0.690. The maximum absolute atomic E-state index is 5.80. The van der Waals surface area contributed by atoms with Gasteiger partial charge in [0, 0.05) is 24.5 Å². The van der Waals surface area contributed by atoms with Gasteiger partial charge in [0.15, 0.2) is 0 Å². The molecular weight excluding hydrogens is 172 g/mol. The molecule has 0 aromatic heterocycles. The maximum atomic E-state index is 5.80. The van der Waals surface area contributed by atoms with Crippen LogP contribution in [0.25, 0.3) is 0 Å². The topological polar surface area (TPSA) is 29.3 Å². The minimum Gasteiger partial charge on any atom is -0.399 e. The van der Waals surface area contributed by atoms with Gasteiger partial charge in [-0.25, -0.2) is 0 Å². The van der Waals surface area contributed by atoms with Crippen LogP contribution >= 0.6 is 0 Å². The van der Waals surface area contributed by atoms with E-state index in [0.29, 0.717) is 0 Å². The highest BCUT2D eigenvalue weighted by Gasteiger charge is 2.10. The van der Waals surface area contributed by atoms with Gasteiger partial charge >= 0.3 is 0 Å². The Balaban J connectivity index is 2.18. The van der Waals surface area contributed by atoms with Gasteiger partial charge in [-0.05, 0) is 49.9 Å². The molecule has 1 fully saturated rings. The second-order valence-corrected chi connectivity index (χ2v) is 4.09. The van der Waals surface area contributed by atoms with Crippen molar-refractivity contribution >= 4 is 11.4 Å². The number of nitrogen functional groups attached to an aromatic ring is 1.